The zero-order valence-electron chi connectivity index (χ0n) is 17.9. The summed E-state index contributed by atoms with van der Waals surface area (Å²) < 4.78 is 21.4. The van der Waals surface area contributed by atoms with Crippen molar-refractivity contribution in [2.75, 3.05) is 6.61 Å². The van der Waals surface area contributed by atoms with Crippen LogP contribution >= 0.6 is 0 Å². The van der Waals surface area contributed by atoms with Gasteiger partial charge in [-0.25, -0.2) is 14.4 Å². The summed E-state index contributed by atoms with van der Waals surface area (Å²) in [7, 11) is 0. The lowest BCUT2D eigenvalue weighted by Crippen LogP contribution is -2.36. The average molecular weight is 460 g/mol. The van der Waals surface area contributed by atoms with E-state index in [1.165, 1.54) is 24.3 Å². The van der Waals surface area contributed by atoms with Crippen LogP contribution in [0.3, 0.4) is 0 Å². The molecular weight excluding hydrogens is 440 g/mol. The average Bonchev–Trinajstić information content (AvgIpc) is 3.17. The van der Waals surface area contributed by atoms with Crippen molar-refractivity contribution in [1.29, 1.82) is 0 Å². The van der Waals surface area contributed by atoms with E-state index in [2.05, 4.69) is 0 Å². The quantitative estimate of drug-likeness (QED) is 0.391. The molecule has 3 atom stereocenters. The van der Waals surface area contributed by atoms with Gasteiger partial charge in [0.2, 0.25) is 5.78 Å². The zero-order valence-corrected chi connectivity index (χ0v) is 17.9. The van der Waals surface area contributed by atoms with Gasteiger partial charge in [0, 0.05) is 0 Å². The third-order valence-electron chi connectivity index (χ3n) is 5.00. The number of ether oxygens (including phenoxy) is 4. The molecule has 0 spiro atoms. The van der Waals surface area contributed by atoms with Crippen LogP contribution in [0.4, 0.5) is 0 Å². The number of benzene rings is 3. The van der Waals surface area contributed by atoms with Crippen molar-refractivity contribution in [2.24, 2.45) is 0 Å². The molecule has 4 rings (SSSR count). The Morgan fingerprint density at radius 1 is 0.647 bits per heavy atom. The SMILES string of the molecule is O=C(OC[C@H]1O[C@H](OC(=O)c2ccccc2)C(=O)[C@H]1OC(=O)c1ccccc1)c1ccccc1. The van der Waals surface area contributed by atoms with Crippen molar-refractivity contribution in [3.63, 3.8) is 0 Å². The second-order valence-corrected chi connectivity index (χ2v) is 7.34. The molecule has 172 valence electrons. The Bertz CT molecular complexity index is 1160. The van der Waals surface area contributed by atoms with E-state index >= 15 is 0 Å². The van der Waals surface area contributed by atoms with Gasteiger partial charge in [0.25, 0.3) is 6.29 Å². The first-order valence-electron chi connectivity index (χ1n) is 10.5. The van der Waals surface area contributed by atoms with Crippen LogP contribution in [0.5, 0.6) is 0 Å². The maximum absolute atomic E-state index is 12.9. The van der Waals surface area contributed by atoms with Crippen molar-refractivity contribution in [1.82, 2.24) is 0 Å². The van der Waals surface area contributed by atoms with Gasteiger partial charge in [-0.3, -0.25) is 4.79 Å². The molecule has 0 aromatic heterocycles. The largest absolute Gasteiger partial charge is 0.459 e. The molecule has 1 fully saturated rings. The van der Waals surface area contributed by atoms with E-state index in [-0.39, 0.29) is 11.1 Å². The molecule has 8 nitrogen and oxygen atoms in total. The van der Waals surface area contributed by atoms with Crippen LogP contribution in [0, 0.1) is 0 Å². The zero-order chi connectivity index (χ0) is 23.9. The van der Waals surface area contributed by atoms with Crippen molar-refractivity contribution < 1.29 is 38.1 Å². The second-order valence-electron chi connectivity index (χ2n) is 7.34. The fourth-order valence-electron chi connectivity index (χ4n) is 3.27. The molecule has 0 saturated carbocycles. The summed E-state index contributed by atoms with van der Waals surface area (Å²) in [6.07, 6.45) is -4.23. The van der Waals surface area contributed by atoms with Gasteiger partial charge in [-0.1, -0.05) is 54.6 Å². The lowest BCUT2D eigenvalue weighted by atomic mass is 10.1. The highest BCUT2D eigenvalue weighted by Gasteiger charge is 2.49. The number of carbonyl (C=O) groups is 4. The number of hydrogen-bond donors (Lipinski definition) is 0. The van der Waals surface area contributed by atoms with Gasteiger partial charge in [0.15, 0.2) is 6.10 Å². The third-order valence-corrected chi connectivity index (χ3v) is 5.00. The molecule has 0 unspecified atom stereocenters. The van der Waals surface area contributed by atoms with E-state index in [0.717, 1.165) is 0 Å². The molecule has 0 aliphatic carbocycles. The van der Waals surface area contributed by atoms with Crippen LogP contribution in [-0.4, -0.2) is 48.8 Å². The highest BCUT2D eigenvalue weighted by atomic mass is 16.7. The van der Waals surface area contributed by atoms with Crippen LogP contribution in [0.15, 0.2) is 91.0 Å². The van der Waals surface area contributed by atoms with E-state index in [4.69, 9.17) is 18.9 Å². The van der Waals surface area contributed by atoms with Crippen molar-refractivity contribution in [3.8, 4) is 0 Å². The maximum atomic E-state index is 12.9. The summed E-state index contributed by atoms with van der Waals surface area (Å²) >= 11 is 0. The molecule has 1 saturated heterocycles. The molecule has 1 heterocycles. The molecule has 0 amide bonds. The summed E-state index contributed by atoms with van der Waals surface area (Å²) in [5, 5.41) is 0. The molecule has 0 N–H and O–H groups in total. The number of esters is 3. The normalized spacial score (nSPS) is 19.3. The molecule has 1 aliphatic heterocycles. The third kappa shape index (κ3) is 5.36. The molecule has 0 bridgehead atoms. The predicted octanol–water partition coefficient (Wildman–Crippen LogP) is 3.22. The molecule has 0 radical (unpaired) electrons. The van der Waals surface area contributed by atoms with E-state index in [9.17, 15) is 19.2 Å². The Labute approximate surface area is 195 Å². The summed E-state index contributed by atoms with van der Waals surface area (Å²) in [6.45, 7) is -0.397. The highest BCUT2D eigenvalue weighted by Crippen LogP contribution is 2.24. The van der Waals surface area contributed by atoms with Gasteiger partial charge in [-0.2, -0.15) is 0 Å². The van der Waals surface area contributed by atoms with Crippen LogP contribution in [-0.2, 0) is 23.7 Å². The summed E-state index contributed by atoms with van der Waals surface area (Å²) in [5.74, 6) is -2.96. The summed E-state index contributed by atoms with van der Waals surface area (Å²) in [6, 6.07) is 24.4. The number of carbonyl (C=O) groups excluding carboxylic acids is 4. The Morgan fingerprint density at radius 2 is 1.09 bits per heavy atom. The lowest BCUT2D eigenvalue weighted by molar-refractivity contribution is -0.147. The van der Waals surface area contributed by atoms with Gasteiger partial charge < -0.3 is 18.9 Å². The van der Waals surface area contributed by atoms with Crippen molar-refractivity contribution >= 4 is 23.7 Å². The Hall–Kier alpha value is -4.30. The van der Waals surface area contributed by atoms with Crippen LogP contribution in [0.2, 0.25) is 0 Å². The minimum atomic E-state index is -1.62. The first-order valence-corrected chi connectivity index (χ1v) is 10.5. The van der Waals surface area contributed by atoms with Crippen LogP contribution in [0.25, 0.3) is 0 Å². The van der Waals surface area contributed by atoms with Gasteiger partial charge in [-0.15, -0.1) is 0 Å². The van der Waals surface area contributed by atoms with Gasteiger partial charge in [0.1, 0.15) is 12.7 Å². The molecule has 3 aromatic carbocycles. The molecule has 34 heavy (non-hydrogen) atoms. The van der Waals surface area contributed by atoms with Crippen molar-refractivity contribution in [2.45, 2.75) is 18.5 Å². The first-order chi connectivity index (χ1) is 16.5. The fraction of sp³-hybridized carbons (Fsp3) is 0.154. The Balaban J connectivity index is 1.48. The topological polar surface area (TPSA) is 105 Å². The Morgan fingerprint density at radius 3 is 1.59 bits per heavy atom. The summed E-state index contributed by atoms with van der Waals surface area (Å²) in [4.78, 5) is 50.2. The molecule has 1 aliphatic rings. The van der Waals surface area contributed by atoms with Gasteiger partial charge in [0.05, 0.1) is 16.7 Å². The second kappa shape index (κ2) is 10.5. The maximum Gasteiger partial charge on any atom is 0.340 e. The smallest absolute Gasteiger partial charge is 0.340 e. The highest BCUT2D eigenvalue weighted by molar-refractivity contribution is 5.97. The lowest BCUT2D eigenvalue weighted by Gasteiger charge is -2.17. The number of rotatable bonds is 7. The minimum absolute atomic E-state index is 0.218. The standard InChI is InChI=1S/C26H20O8/c27-21-22(33-24(29)18-12-6-2-7-13-18)20(16-31-23(28)17-10-4-1-5-11-17)32-26(21)34-25(30)19-14-8-3-9-15-19/h1-15,20,22,26H,16H2/t20-,22+,26-/m1/s1. The molecule has 3 aromatic rings. The monoisotopic (exact) mass is 460 g/mol. The predicted molar refractivity (Wildman–Crippen MR) is 118 cm³/mol. The van der Waals surface area contributed by atoms with Crippen LogP contribution in [0.1, 0.15) is 31.1 Å². The molecule has 8 heteroatoms. The van der Waals surface area contributed by atoms with Crippen molar-refractivity contribution in [3.05, 3.63) is 108 Å². The Kier molecular flexibility index (Phi) is 7.10. The van der Waals surface area contributed by atoms with Gasteiger partial charge >= 0.3 is 17.9 Å². The first kappa shape index (κ1) is 22.9. The number of ketones is 1. The summed E-state index contributed by atoms with van der Waals surface area (Å²) in [5.41, 5.74) is 0.743. The van der Waals surface area contributed by atoms with E-state index in [0.29, 0.717) is 5.56 Å². The minimum Gasteiger partial charge on any atom is -0.459 e. The van der Waals surface area contributed by atoms with E-state index in [1.807, 2.05) is 0 Å². The van der Waals surface area contributed by atoms with Gasteiger partial charge in [-0.05, 0) is 36.4 Å². The number of Topliss-reactive ketones (excluding diaryl/α,β-unsaturated/α-hetero) is 1. The number of hydrogen-bond acceptors (Lipinski definition) is 8. The van der Waals surface area contributed by atoms with E-state index in [1.54, 1.807) is 66.7 Å². The fourth-order valence-corrected chi connectivity index (χ4v) is 3.27. The van der Waals surface area contributed by atoms with Crippen LogP contribution < -0.4 is 0 Å². The van der Waals surface area contributed by atoms with E-state index < -0.39 is 48.8 Å². The molecular formula is C26H20O8.